The van der Waals surface area contributed by atoms with Crippen molar-refractivity contribution >= 4 is 0 Å². The average Bonchev–Trinajstić information content (AvgIpc) is 2.79. The molecule has 0 spiro atoms. The summed E-state index contributed by atoms with van der Waals surface area (Å²) in [5, 5.41) is 9.46. The van der Waals surface area contributed by atoms with Crippen LogP contribution in [0.2, 0.25) is 0 Å². The largest absolute Gasteiger partial charge is 0.469 e. The van der Waals surface area contributed by atoms with E-state index in [1.54, 1.807) is 6.26 Å². The van der Waals surface area contributed by atoms with E-state index in [1.165, 1.54) is 0 Å². The highest BCUT2D eigenvalue weighted by Gasteiger charge is 2.41. The van der Waals surface area contributed by atoms with E-state index >= 15 is 0 Å². The minimum Gasteiger partial charge on any atom is -0.469 e. The first-order valence-electron chi connectivity index (χ1n) is 5.02. The van der Waals surface area contributed by atoms with Crippen molar-refractivity contribution in [3.63, 3.8) is 0 Å². The molecule has 1 aliphatic rings. The molecule has 1 saturated heterocycles. The number of hydrogen-bond donors (Lipinski definition) is 1. The third-order valence-electron chi connectivity index (χ3n) is 3.25. The van der Waals surface area contributed by atoms with Crippen molar-refractivity contribution in [2.45, 2.75) is 25.9 Å². The summed E-state index contributed by atoms with van der Waals surface area (Å²) in [5.41, 5.74) is -0.141. The second-order valence-electron chi connectivity index (χ2n) is 4.04. The van der Waals surface area contributed by atoms with Crippen LogP contribution in [0.5, 0.6) is 0 Å². The van der Waals surface area contributed by atoms with E-state index in [0.717, 1.165) is 25.2 Å². The molecule has 1 fully saturated rings. The molecule has 1 aromatic rings. The molecule has 78 valence electrons. The van der Waals surface area contributed by atoms with E-state index in [2.05, 4.69) is 0 Å². The fourth-order valence-electron chi connectivity index (χ4n) is 2.07. The summed E-state index contributed by atoms with van der Waals surface area (Å²) in [6, 6.07) is 3.82. The van der Waals surface area contributed by atoms with Gasteiger partial charge in [-0.25, -0.2) is 0 Å². The van der Waals surface area contributed by atoms with Crippen molar-refractivity contribution in [3.8, 4) is 0 Å². The summed E-state index contributed by atoms with van der Waals surface area (Å²) in [4.78, 5) is 0. The minimum atomic E-state index is -0.141. The highest BCUT2D eigenvalue weighted by molar-refractivity contribution is 5.05. The Kier molecular flexibility index (Phi) is 2.61. The summed E-state index contributed by atoms with van der Waals surface area (Å²) < 4.78 is 10.8. The van der Waals surface area contributed by atoms with Crippen molar-refractivity contribution in [3.05, 3.63) is 24.2 Å². The first kappa shape index (κ1) is 9.74. The Labute approximate surface area is 83.7 Å². The van der Waals surface area contributed by atoms with Gasteiger partial charge in [-0.1, -0.05) is 0 Å². The second kappa shape index (κ2) is 3.75. The van der Waals surface area contributed by atoms with Gasteiger partial charge < -0.3 is 14.3 Å². The minimum absolute atomic E-state index is 0.109. The van der Waals surface area contributed by atoms with Gasteiger partial charge in [-0.3, -0.25) is 0 Å². The molecule has 0 aromatic carbocycles. The summed E-state index contributed by atoms with van der Waals surface area (Å²) in [6.45, 7) is 2.92. The number of hydrogen-bond acceptors (Lipinski definition) is 3. The number of ether oxygens (including phenoxy) is 1. The van der Waals surface area contributed by atoms with Crippen LogP contribution in [0.3, 0.4) is 0 Å². The molecule has 2 unspecified atom stereocenters. The topological polar surface area (TPSA) is 42.6 Å². The third-order valence-corrected chi connectivity index (χ3v) is 3.25. The van der Waals surface area contributed by atoms with Crippen molar-refractivity contribution < 1.29 is 14.3 Å². The molecule has 3 heteroatoms. The van der Waals surface area contributed by atoms with Gasteiger partial charge in [0.1, 0.15) is 5.76 Å². The zero-order chi connectivity index (χ0) is 10.0. The smallest absolute Gasteiger partial charge is 0.104 e. The van der Waals surface area contributed by atoms with Crippen LogP contribution in [0.15, 0.2) is 22.8 Å². The van der Waals surface area contributed by atoms with E-state index < -0.39 is 0 Å². The van der Waals surface area contributed by atoms with Gasteiger partial charge in [0, 0.05) is 18.4 Å². The van der Waals surface area contributed by atoms with Gasteiger partial charge in [0.15, 0.2) is 0 Å². The molecule has 0 saturated carbocycles. The van der Waals surface area contributed by atoms with Crippen LogP contribution in [0.1, 0.15) is 19.1 Å². The van der Waals surface area contributed by atoms with Gasteiger partial charge in [-0.15, -0.1) is 0 Å². The second-order valence-corrected chi connectivity index (χ2v) is 4.04. The molecule has 0 aliphatic carbocycles. The Hall–Kier alpha value is -0.800. The van der Waals surface area contributed by atoms with Gasteiger partial charge in [-0.05, 0) is 25.5 Å². The lowest BCUT2D eigenvalue weighted by Crippen LogP contribution is -2.34. The molecule has 0 radical (unpaired) electrons. The van der Waals surface area contributed by atoms with Crippen LogP contribution in [-0.2, 0) is 11.2 Å². The molecule has 1 N–H and O–H groups in total. The monoisotopic (exact) mass is 196 g/mol. The molecule has 14 heavy (non-hydrogen) atoms. The Bertz CT molecular complexity index is 281. The molecule has 0 bridgehead atoms. The maximum atomic E-state index is 9.46. The van der Waals surface area contributed by atoms with E-state index in [1.807, 2.05) is 19.1 Å². The van der Waals surface area contributed by atoms with Gasteiger partial charge in [0.2, 0.25) is 0 Å². The van der Waals surface area contributed by atoms with E-state index in [4.69, 9.17) is 9.15 Å². The lowest BCUT2D eigenvalue weighted by atomic mass is 9.78. The van der Waals surface area contributed by atoms with E-state index in [0.29, 0.717) is 0 Å². The summed E-state index contributed by atoms with van der Waals surface area (Å²) in [7, 11) is 0. The van der Waals surface area contributed by atoms with Crippen LogP contribution in [0, 0.1) is 5.41 Å². The third kappa shape index (κ3) is 1.57. The zero-order valence-corrected chi connectivity index (χ0v) is 8.40. The van der Waals surface area contributed by atoms with Crippen LogP contribution >= 0.6 is 0 Å². The normalized spacial score (nSPS) is 32.3. The van der Waals surface area contributed by atoms with E-state index in [9.17, 15) is 5.11 Å². The first-order valence-corrected chi connectivity index (χ1v) is 5.02. The highest BCUT2D eigenvalue weighted by Crippen LogP contribution is 2.37. The van der Waals surface area contributed by atoms with Gasteiger partial charge in [-0.2, -0.15) is 0 Å². The first-order chi connectivity index (χ1) is 6.77. The Morgan fingerprint density at radius 2 is 2.50 bits per heavy atom. The SMILES string of the molecule is CC1OCCC1(CO)Cc1ccco1. The molecule has 3 nitrogen and oxygen atoms in total. The van der Waals surface area contributed by atoms with Crippen molar-refractivity contribution in [1.82, 2.24) is 0 Å². The molecular weight excluding hydrogens is 180 g/mol. The maximum absolute atomic E-state index is 9.46. The van der Waals surface area contributed by atoms with Crippen LogP contribution in [0.25, 0.3) is 0 Å². The number of aliphatic hydroxyl groups is 1. The highest BCUT2D eigenvalue weighted by atomic mass is 16.5. The fourth-order valence-corrected chi connectivity index (χ4v) is 2.07. The van der Waals surface area contributed by atoms with Crippen LogP contribution in [0.4, 0.5) is 0 Å². The van der Waals surface area contributed by atoms with Gasteiger partial charge >= 0.3 is 0 Å². The van der Waals surface area contributed by atoms with Crippen molar-refractivity contribution in [1.29, 1.82) is 0 Å². The van der Waals surface area contributed by atoms with Crippen LogP contribution < -0.4 is 0 Å². The number of furan rings is 1. The lowest BCUT2D eigenvalue weighted by Gasteiger charge is -2.28. The lowest BCUT2D eigenvalue weighted by molar-refractivity contribution is 0.0243. The number of rotatable bonds is 3. The number of aliphatic hydroxyl groups excluding tert-OH is 1. The zero-order valence-electron chi connectivity index (χ0n) is 8.40. The quantitative estimate of drug-likeness (QED) is 0.798. The predicted molar refractivity (Wildman–Crippen MR) is 52.0 cm³/mol. The Morgan fingerprint density at radius 1 is 1.64 bits per heavy atom. The average molecular weight is 196 g/mol. The van der Waals surface area contributed by atoms with Crippen LogP contribution in [-0.4, -0.2) is 24.4 Å². The molecule has 2 atom stereocenters. The molecular formula is C11H16O3. The van der Waals surface area contributed by atoms with Gasteiger partial charge in [0.05, 0.1) is 19.0 Å². The molecule has 1 aliphatic heterocycles. The summed E-state index contributed by atoms with van der Waals surface area (Å²) in [5.74, 6) is 0.927. The standard InChI is InChI=1S/C11H16O3/c1-9-11(8-12,4-6-13-9)7-10-3-2-5-14-10/h2-3,5,9,12H,4,6-8H2,1H3. The van der Waals surface area contributed by atoms with E-state index in [-0.39, 0.29) is 18.1 Å². The summed E-state index contributed by atoms with van der Waals surface area (Å²) in [6.07, 6.45) is 3.45. The van der Waals surface area contributed by atoms with Crippen molar-refractivity contribution in [2.75, 3.05) is 13.2 Å². The molecule has 2 rings (SSSR count). The molecule has 2 heterocycles. The summed E-state index contributed by atoms with van der Waals surface area (Å²) >= 11 is 0. The predicted octanol–water partition coefficient (Wildman–Crippen LogP) is 1.61. The Balaban J connectivity index is 2.13. The molecule has 1 aromatic heterocycles. The van der Waals surface area contributed by atoms with Crippen molar-refractivity contribution in [2.24, 2.45) is 5.41 Å². The van der Waals surface area contributed by atoms with Gasteiger partial charge in [0.25, 0.3) is 0 Å². The molecule has 0 amide bonds. The Morgan fingerprint density at radius 3 is 3.00 bits per heavy atom. The maximum Gasteiger partial charge on any atom is 0.104 e. The fraction of sp³-hybridized carbons (Fsp3) is 0.636.